The smallest absolute Gasteiger partial charge is 0.209 e. The number of hydrogen-bond donors (Lipinski definition) is 1. The lowest BCUT2D eigenvalue weighted by Gasteiger charge is -2.12. The molecule has 3 rings (SSSR count). The molecule has 0 saturated heterocycles. The minimum Gasteiger partial charge on any atom is -0.293 e. The summed E-state index contributed by atoms with van der Waals surface area (Å²) >= 11 is 2.99. The standard InChI is InChI=1S/C18H19N3OS2/c1-10-8-12(3)14(9-11(10)2)16(22)13(4)24-18-19-17(20-21-18)15-6-5-7-23-15/h5-9,13H,1-4H3,(H,19,20,21). The molecule has 3 aromatic rings. The van der Waals surface area contributed by atoms with Crippen molar-refractivity contribution in [3.63, 3.8) is 0 Å². The first-order chi connectivity index (χ1) is 11.5. The van der Waals surface area contributed by atoms with Crippen LogP contribution >= 0.6 is 23.1 Å². The third kappa shape index (κ3) is 3.44. The summed E-state index contributed by atoms with van der Waals surface area (Å²) in [4.78, 5) is 18.3. The van der Waals surface area contributed by atoms with Gasteiger partial charge in [-0.05, 0) is 61.9 Å². The fourth-order valence-corrected chi connectivity index (χ4v) is 3.94. The van der Waals surface area contributed by atoms with Crippen LogP contribution in [0.5, 0.6) is 0 Å². The van der Waals surface area contributed by atoms with Crippen LogP contribution in [0.3, 0.4) is 0 Å². The summed E-state index contributed by atoms with van der Waals surface area (Å²) < 4.78 is 0. The molecule has 0 fully saturated rings. The highest BCUT2D eigenvalue weighted by Gasteiger charge is 2.21. The zero-order valence-corrected chi connectivity index (χ0v) is 15.7. The molecule has 1 N–H and O–H groups in total. The molecule has 0 amide bonds. The van der Waals surface area contributed by atoms with Crippen molar-refractivity contribution >= 4 is 28.9 Å². The molecule has 0 aliphatic rings. The Hall–Kier alpha value is -1.92. The van der Waals surface area contributed by atoms with Crippen LogP contribution in [-0.2, 0) is 0 Å². The van der Waals surface area contributed by atoms with E-state index in [2.05, 4.69) is 28.2 Å². The Labute approximate surface area is 149 Å². The number of carbonyl (C=O) groups excluding carboxylic acids is 1. The predicted octanol–water partition coefficient (Wildman–Crippen LogP) is 4.82. The van der Waals surface area contributed by atoms with Gasteiger partial charge in [-0.25, -0.2) is 4.98 Å². The second-order valence-corrected chi connectivity index (χ2v) is 8.08. The number of nitrogens with one attached hydrogen (secondary N) is 1. The number of benzene rings is 1. The summed E-state index contributed by atoms with van der Waals surface area (Å²) in [6.45, 7) is 7.99. The number of rotatable bonds is 5. The molecule has 0 radical (unpaired) electrons. The van der Waals surface area contributed by atoms with Gasteiger partial charge in [-0.1, -0.05) is 23.9 Å². The van der Waals surface area contributed by atoms with E-state index in [1.54, 1.807) is 11.3 Å². The van der Waals surface area contributed by atoms with Crippen LogP contribution in [0, 0.1) is 20.8 Å². The summed E-state index contributed by atoms with van der Waals surface area (Å²) in [5, 5.41) is 9.52. The second-order valence-electron chi connectivity index (χ2n) is 5.82. The third-order valence-electron chi connectivity index (χ3n) is 3.98. The van der Waals surface area contributed by atoms with Crippen molar-refractivity contribution in [2.45, 2.75) is 38.1 Å². The van der Waals surface area contributed by atoms with Crippen molar-refractivity contribution in [1.29, 1.82) is 0 Å². The first-order valence-corrected chi connectivity index (χ1v) is 9.46. The van der Waals surface area contributed by atoms with E-state index in [0.717, 1.165) is 27.4 Å². The molecule has 1 unspecified atom stereocenters. The number of thiophene rings is 1. The first-order valence-electron chi connectivity index (χ1n) is 7.70. The number of thioether (sulfide) groups is 1. The van der Waals surface area contributed by atoms with E-state index < -0.39 is 0 Å². The van der Waals surface area contributed by atoms with E-state index in [0.29, 0.717) is 5.16 Å². The molecule has 2 heterocycles. The van der Waals surface area contributed by atoms with Gasteiger partial charge in [0.1, 0.15) is 0 Å². The van der Waals surface area contributed by atoms with E-state index in [1.165, 1.54) is 17.3 Å². The molecule has 6 heteroatoms. The highest BCUT2D eigenvalue weighted by Crippen LogP contribution is 2.27. The Balaban J connectivity index is 1.76. The number of aromatic amines is 1. The van der Waals surface area contributed by atoms with Crippen LogP contribution in [-0.4, -0.2) is 26.2 Å². The Morgan fingerprint density at radius 1 is 1.21 bits per heavy atom. The Kier molecular flexibility index (Phi) is 4.87. The summed E-state index contributed by atoms with van der Waals surface area (Å²) in [6, 6.07) is 8.03. The number of ketones is 1. The zero-order valence-electron chi connectivity index (χ0n) is 14.1. The average molecular weight is 358 g/mol. The minimum atomic E-state index is -0.238. The van der Waals surface area contributed by atoms with Crippen LogP contribution in [0.25, 0.3) is 10.7 Å². The fraction of sp³-hybridized carbons (Fsp3) is 0.278. The van der Waals surface area contributed by atoms with Crippen LogP contribution in [0.15, 0.2) is 34.8 Å². The Bertz CT molecular complexity index is 869. The molecule has 4 nitrogen and oxygen atoms in total. The topological polar surface area (TPSA) is 58.6 Å². The monoisotopic (exact) mass is 357 g/mol. The molecule has 124 valence electrons. The normalized spacial score (nSPS) is 12.3. The van der Waals surface area contributed by atoms with Gasteiger partial charge in [0.05, 0.1) is 10.1 Å². The Morgan fingerprint density at radius 2 is 1.96 bits per heavy atom. The first kappa shape index (κ1) is 16.9. The Morgan fingerprint density at radius 3 is 2.67 bits per heavy atom. The van der Waals surface area contributed by atoms with Crippen molar-refractivity contribution in [1.82, 2.24) is 15.2 Å². The summed E-state index contributed by atoms with van der Waals surface area (Å²) in [7, 11) is 0. The molecule has 1 atom stereocenters. The van der Waals surface area contributed by atoms with E-state index in [9.17, 15) is 4.79 Å². The average Bonchev–Trinajstić information content (AvgIpc) is 3.21. The minimum absolute atomic E-state index is 0.114. The van der Waals surface area contributed by atoms with E-state index in [1.807, 2.05) is 44.4 Å². The number of hydrogen-bond acceptors (Lipinski definition) is 5. The summed E-state index contributed by atoms with van der Waals surface area (Å²) in [5.41, 5.74) is 4.15. The van der Waals surface area contributed by atoms with E-state index in [4.69, 9.17) is 0 Å². The maximum absolute atomic E-state index is 12.8. The predicted molar refractivity (Wildman–Crippen MR) is 100.0 cm³/mol. The number of Topliss-reactive ketones (excluding diaryl/α,β-unsaturated/α-hetero) is 1. The number of H-pyrrole nitrogens is 1. The van der Waals surface area contributed by atoms with Crippen molar-refractivity contribution in [2.75, 3.05) is 0 Å². The van der Waals surface area contributed by atoms with E-state index in [-0.39, 0.29) is 11.0 Å². The van der Waals surface area contributed by atoms with Crippen molar-refractivity contribution in [3.05, 3.63) is 51.9 Å². The fourth-order valence-electron chi connectivity index (χ4n) is 2.48. The molecule has 0 aliphatic carbocycles. The molecule has 24 heavy (non-hydrogen) atoms. The third-order valence-corrected chi connectivity index (χ3v) is 5.81. The molecule has 0 spiro atoms. The van der Waals surface area contributed by atoms with Gasteiger partial charge in [0, 0.05) is 5.56 Å². The lowest BCUT2D eigenvalue weighted by molar-refractivity contribution is 0.0993. The highest BCUT2D eigenvalue weighted by molar-refractivity contribution is 8.00. The van der Waals surface area contributed by atoms with Gasteiger partial charge in [0.15, 0.2) is 11.6 Å². The molecule has 0 bridgehead atoms. The summed E-state index contributed by atoms with van der Waals surface area (Å²) in [5.74, 6) is 0.859. The van der Waals surface area contributed by atoms with Crippen LogP contribution < -0.4 is 0 Å². The van der Waals surface area contributed by atoms with Crippen molar-refractivity contribution in [2.24, 2.45) is 0 Å². The van der Waals surface area contributed by atoms with Crippen molar-refractivity contribution in [3.8, 4) is 10.7 Å². The van der Waals surface area contributed by atoms with Gasteiger partial charge in [0.25, 0.3) is 0 Å². The second kappa shape index (κ2) is 6.91. The van der Waals surface area contributed by atoms with Crippen LogP contribution in [0.1, 0.15) is 34.0 Å². The van der Waals surface area contributed by atoms with Gasteiger partial charge in [-0.2, -0.15) is 0 Å². The molecular weight excluding hydrogens is 338 g/mol. The number of nitrogens with zero attached hydrogens (tertiary/aromatic N) is 2. The maximum Gasteiger partial charge on any atom is 0.209 e. The molecule has 2 aromatic heterocycles. The molecular formula is C18H19N3OS2. The molecule has 0 saturated carbocycles. The van der Waals surface area contributed by atoms with E-state index >= 15 is 0 Å². The van der Waals surface area contributed by atoms with Crippen LogP contribution in [0.4, 0.5) is 0 Å². The maximum atomic E-state index is 12.8. The SMILES string of the molecule is Cc1cc(C)c(C(=O)C(C)Sc2n[nH]c(-c3cccs3)n2)cc1C. The molecule has 1 aromatic carbocycles. The van der Waals surface area contributed by atoms with Gasteiger partial charge in [0.2, 0.25) is 5.16 Å². The number of aryl methyl sites for hydroxylation is 3. The van der Waals surface area contributed by atoms with Gasteiger partial charge in [-0.3, -0.25) is 9.89 Å². The quantitative estimate of drug-likeness (QED) is 0.525. The largest absolute Gasteiger partial charge is 0.293 e. The number of aromatic nitrogens is 3. The van der Waals surface area contributed by atoms with Crippen LogP contribution in [0.2, 0.25) is 0 Å². The lowest BCUT2D eigenvalue weighted by atomic mass is 9.97. The number of carbonyl (C=O) groups is 1. The van der Waals surface area contributed by atoms with Crippen molar-refractivity contribution < 1.29 is 4.79 Å². The van der Waals surface area contributed by atoms with Gasteiger partial charge in [-0.15, -0.1) is 16.4 Å². The molecule has 0 aliphatic heterocycles. The van der Waals surface area contributed by atoms with Gasteiger partial charge >= 0.3 is 0 Å². The lowest BCUT2D eigenvalue weighted by Crippen LogP contribution is -2.15. The zero-order chi connectivity index (χ0) is 17.3. The van der Waals surface area contributed by atoms with Gasteiger partial charge < -0.3 is 0 Å². The highest BCUT2D eigenvalue weighted by atomic mass is 32.2. The summed E-state index contributed by atoms with van der Waals surface area (Å²) in [6.07, 6.45) is 0.